The number of anilines is 2. The number of rotatable bonds is 5. The van der Waals surface area contributed by atoms with Crippen molar-refractivity contribution in [3.8, 4) is 22.3 Å². The highest BCUT2D eigenvalue weighted by atomic mass is 32.1. The summed E-state index contributed by atoms with van der Waals surface area (Å²) in [5, 5.41) is 9.07. The molecule has 2 heterocycles. The molecular formula is C49H31NS2. The predicted octanol–water partition coefficient (Wildman–Crippen LogP) is 14.2. The fraction of sp³-hybridized carbons (Fsp3) is 0.0204. The van der Waals surface area contributed by atoms with Gasteiger partial charge >= 0.3 is 0 Å². The Balaban J connectivity index is 1.04. The van der Waals surface area contributed by atoms with Crippen LogP contribution in [0, 0.1) is 0 Å². The van der Waals surface area contributed by atoms with Gasteiger partial charge in [0.1, 0.15) is 0 Å². The molecule has 1 nitrogen and oxygen atoms in total. The van der Waals surface area contributed by atoms with Crippen molar-refractivity contribution < 1.29 is 0 Å². The fourth-order valence-corrected chi connectivity index (χ4v) is 11.3. The summed E-state index contributed by atoms with van der Waals surface area (Å²) in [6.07, 6.45) is 0. The third-order valence-corrected chi connectivity index (χ3v) is 13.5. The summed E-state index contributed by atoms with van der Waals surface area (Å²) in [5.74, 6) is 0. The molecule has 0 amide bonds. The Bertz CT molecular complexity index is 2930. The number of nitrogens with one attached hydrogen (secondary N) is 1. The van der Waals surface area contributed by atoms with Gasteiger partial charge in [-0.3, -0.25) is 0 Å². The molecule has 0 aliphatic heterocycles. The summed E-state index contributed by atoms with van der Waals surface area (Å²) in [4.78, 5) is 0. The summed E-state index contributed by atoms with van der Waals surface area (Å²) in [7, 11) is 0. The summed E-state index contributed by atoms with van der Waals surface area (Å²) in [5.41, 5.74) is 12.3. The minimum absolute atomic E-state index is 0.401. The molecule has 10 aromatic rings. The number of hydrogen-bond donors (Lipinski definition) is 1. The Morgan fingerprint density at radius 2 is 1.00 bits per heavy atom. The Morgan fingerprint density at radius 1 is 0.385 bits per heavy atom. The maximum Gasteiger partial charge on any atom is 0.0714 e. The number of fused-ring (bicyclic) bond motifs is 10. The van der Waals surface area contributed by atoms with Gasteiger partial charge in [0.25, 0.3) is 0 Å². The van der Waals surface area contributed by atoms with Gasteiger partial charge < -0.3 is 5.32 Å². The standard InChI is InChI=1S/C49H31NS2/c1-3-13-32(14-4-1)49(33-15-5-2-6-16-33)41-22-9-7-18-40(41)45-42(49)30-29-39-38-21-12-23-43(47(38)52-48(39)45)50-34-27-25-31(26-28-34)35-19-11-20-37-36-17-8-10-24-44(36)51-46(35)37/h1-30,50H. The lowest BCUT2D eigenvalue weighted by atomic mass is 9.68. The highest BCUT2D eigenvalue weighted by molar-refractivity contribution is 7.27. The molecule has 1 N–H and O–H groups in total. The van der Waals surface area contributed by atoms with E-state index in [2.05, 4.69) is 187 Å². The first-order valence-corrected chi connectivity index (χ1v) is 19.4. The summed E-state index contributed by atoms with van der Waals surface area (Å²) < 4.78 is 5.30. The van der Waals surface area contributed by atoms with Crippen molar-refractivity contribution in [2.45, 2.75) is 5.41 Å². The van der Waals surface area contributed by atoms with E-state index >= 15 is 0 Å². The van der Waals surface area contributed by atoms with E-state index in [-0.39, 0.29) is 0 Å². The molecule has 1 aliphatic rings. The van der Waals surface area contributed by atoms with Crippen LogP contribution in [0.1, 0.15) is 22.3 Å². The minimum atomic E-state index is -0.401. The lowest BCUT2D eigenvalue weighted by Gasteiger charge is -2.33. The molecule has 244 valence electrons. The highest BCUT2D eigenvalue weighted by Gasteiger charge is 2.46. The summed E-state index contributed by atoms with van der Waals surface area (Å²) in [6.45, 7) is 0. The van der Waals surface area contributed by atoms with E-state index in [9.17, 15) is 0 Å². The van der Waals surface area contributed by atoms with Crippen LogP contribution in [0.3, 0.4) is 0 Å². The van der Waals surface area contributed by atoms with Gasteiger partial charge in [0, 0.05) is 46.9 Å². The molecule has 3 heteroatoms. The molecule has 0 bridgehead atoms. The van der Waals surface area contributed by atoms with Gasteiger partial charge in [-0.25, -0.2) is 0 Å². The van der Waals surface area contributed by atoms with Crippen LogP contribution in [0.25, 0.3) is 62.6 Å². The zero-order valence-corrected chi connectivity index (χ0v) is 29.8. The zero-order chi connectivity index (χ0) is 34.2. The van der Waals surface area contributed by atoms with Crippen molar-refractivity contribution in [2.75, 3.05) is 5.32 Å². The van der Waals surface area contributed by atoms with Gasteiger partial charge in [-0.2, -0.15) is 0 Å². The molecule has 0 saturated carbocycles. The van der Waals surface area contributed by atoms with Crippen LogP contribution in [-0.4, -0.2) is 0 Å². The second-order valence-electron chi connectivity index (χ2n) is 13.7. The van der Waals surface area contributed by atoms with E-state index in [1.807, 2.05) is 22.7 Å². The zero-order valence-electron chi connectivity index (χ0n) is 28.1. The van der Waals surface area contributed by atoms with Gasteiger partial charge in [0.2, 0.25) is 0 Å². The van der Waals surface area contributed by atoms with Crippen molar-refractivity contribution in [3.05, 3.63) is 204 Å². The maximum absolute atomic E-state index is 3.81. The maximum atomic E-state index is 3.81. The van der Waals surface area contributed by atoms with Crippen molar-refractivity contribution in [2.24, 2.45) is 0 Å². The Hall–Kier alpha value is -6.00. The minimum Gasteiger partial charge on any atom is -0.354 e. The molecule has 2 aromatic heterocycles. The number of thiophene rings is 2. The van der Waals surface area contributed by atoms with Gasteiger partial charge in [-0.1, -0.05) is 158 Å². The van der Waals surface area contributed by atoms with E-state index in [0.717, 1.165) is 11.4 Å². The normalized spacial score (nSPS) is 13.2. The molecule has 0 fully saturated rings. The molecule has 0 atom stereocenters. The molecular weight excluding hydrogens is 667 g/mol. The summed E-state index contributed by atoms with van der Waals surface area (Å²) >= 11 is 3.79. The van der Waals surface area contributed by atoms with Crippen LogP contribution in [0.15, 0.2) is 182 Å². The predicted molar refractivity (Wildman–Crippen MR) is 225 cm³/mol. The molecule has 0 spiro atoms. The molecule has 0 radical (unpaired) electrons. The third-order valence-electron chi connectivity index (χ3n) is 11.0. The van der Waals surface area contributed by atoms with Crippen LogP contribution in [0.5, 0.6) is 0 Å². The van der Waals surface area contributed by atoms with Crippen molar-refractivity contribution in [3.63, 3.8) is 0 Å². The lowest BCUT2D eigenvalue weighted by Crippen LogP contribution is -2.28. The van der Waals surface area contributed by atoms with E-state index in [4.69, 9.17) is 0 Å². The Labute approximate surface area is 310 Å². The molecule has 0 saturated heterocycles. The quantitative estimate of drug-likeness (QED) is 0.189. The van der Waals surface area contributed by atoms with Crippen LogP contribution in [-0.2, 0) is 5.41 Å². The van der Waals surface area contributed by atoms with Crippen molar-refractivity contribution in [1.29, 1.82) is 0 Å². The molecule has 8 aromatic carbocycles. The summed E-state index contributed by atoms with van der Waals surface area (Å²) in [6, 6.07) is 67.0. The number of hydrogen-bond acceptors (Lipinski definition) is 3. The van der Waals surface area contributed by atoms with Crippen LogP contribution in [0.4, 0.5) is 11.4 Å². The second kappa shape index (κ2) is 11.5. The first kappa shape index (κ1) is 29.7. The van der Waals surface area contributed by atoms with Gasteiger partial charge in [0.05, 0.1) is 15.8 Å². The van der Waals surface area contributed by atoms with Crippen molar-refractivity contribution in [1.82, 2.24) is 0 Å². The number of benzene rings is 8. The molecule has 52 heavy (non-hydrogen) atoms. The smallest absolute Gasteiger partial charge is 0.0714 e. The van der Waals surface area contributed by atoms with E-state index in [1.54, 1.807) is 0 Å². The van der Waals surface area contributed by atoms with E-state index in [0.29, 0.717) is 0 Å². The van der Waals surface area contributed by atoms with Gasteiger partial charge in [-0.15, -0.1) is 22.7 Å². The van der Waals surface area contributed by atoms with Gasteiger partial charge in [-0.05, 0) is 63.2 Å². The average Bonchev–Trinajstić information content (AvgIpc) is 3.88. The van der Waals surface area contributed by atoms with E-state index in [1.165, 1.54) is 84.9 Å². The van der Waals surface area contributed by atoms with Gasteiger partial charge in [0.15, 0.2) is 0 Å². The van der Waals surface area contributed by atoms with Crippen molar-refractivity contribution >= 4 is 74.4 Å². The molecule has 0 unspecified atom stereocenters. The van der Waals surface area contributed by atoms with Crippen LogP contribution in [0.2, 0.25) is 0 Å². The van der Waals surface area contributed by atoms with Crippen LogP contribution >= 0.6 is 22.7 Å². The SMILES string of the molecule is c1ccc(C2(c3ccccc3)c3ccccc3-c3c2ccc2c3sc3c(Nc4ccc(-c5cccc6c5sc5ccccc56)cc4)cccc32)cc1. The fourth-order valence-electron chi connectivity index (χ4n) is 8.74. The molecule has 11 rings (SSSR count). The van der Waals surface area contributed by atoms with Crippen LogP contribution < -0.4 is 5.32 Å². The third kappa shape index (κ3) is 4.21. The largest absolute Gasteiger partial charge is 0.354 e. The second-order valence-corrected chi connectivity index (χ2v) is 15.7. The highest BCUT2D eigenvalue weighted by Crippen LogP contribution is 2.59. The first-order chi connectivity index (χ1) is 25.8. The Kier molecular flexibility index (Phi) is 6.57. The monoisotopic (exact) mass is 697 g/mol. The molecule has 1 aliphatic carbocycles. The first-order valence-electron chi connectivity index (χ1n) is 17.8. The Morgan fingerprint density at radius 3 is 1.79 bits per heavy atom. The lowest BCUT2D eigenvalue weighted by molar-refractivity contribution is 0.769. The average molecular weight is 698 g/mol. The topological polar surface area (TPSA) is 12.0 Å². The van der Waals surface area contributed by atoms with E-state index < -0.39 is 5.41 Å².